The fourth-order valence-electron chi connectivity index (χ4n) is 3.70. The first kappa shape index (κ1) is 20.2. The Hall–Kier alpha value is -3.71. The summed E-state index contributed by atoms with van der Waals surface area (Å²) in [6.45, 7) is 3.54. The quantitative estimate of drug-likeness (QED) is 0.339. The number of hydrogen-bond donors (Lipinski definition) is 0. The molecule has 5 aromatic rings. The topological polar surface area (TPSA) is 60.2 Å². The number of benzene rings is 3. The number of amides is 1. The van der Waals surface area contributed by atoms with Crippen LogP contribution in [-0.2, 0) is 6.54 Å². The van der Waals surface area contributed by atoms with Crippen molar-refractivity contribution in [3.05, 3.63) is 84.7 Å². The monoisotopic (exact) mass is 442 g/mol. The van der Waals surface area contributed by atoms with E-state index in [0.29, 0.717) is 30.4 Å². The molecule has 1 amide bonds. The van der Waals surface area contributed by atoms with Crippen LogP contribution in [-0.4, -0.2) is 33.8 Å². The van der Waals surface area contributed by atoms with E-state index in [0.717, 1.165) is 26.7 Å². The lowest BCUT2D eigenvalue weighted by Gasteiger charge is -2.20. The first-order chi connectivity index (χ1) is 15.7. The molecule has 2 heterocycles. The zero-order valence-electron chi connectivity index (χ0n) is 17.6. The SMILES string of the molecule is CCOc1cccc2sc(N(CCn3cccn3)C(=O)c3ccc4ccccc4c3)nc12. The lowest BCUT2D eigenvalue weighted by atomic mass is 10.1. The number of ether oxygens (including phenoxy) is 1. The average molecular weight is 443 g/mol. The molecule has 0 atom stereocenters. The summed E-state index contributed by atoms with van der Waals surface area (Å²) in [5, 5.41) is 7.07. The largest absolute Gasteiger partial charge is 0.492 e. The third-order valence-corrected chi connectivity index (χ3v) is 6.30. The van der Waals surface area contributed by atoms with E-state index in [2.05, 4.69) is 5.10 Å². The smallest absolute Gasteiger partial charge is 0.260 e. The van der Waals surface area contributed by atoms with Crippen LogP contribution < -0.4 is 9.64 Å². The van der Waals surface area contributed by atoms with Crippen LogP contribution in [0.15, 0.2) is 79.1 Å². The van der Waals surface area contributed by atoms with Gasteiger partial charge in [-0.15, -0.1) is 0 Å². The minimum Gasteiger partial charge on any atom is -0.492 e. The van der Waals surface area contributed by atoms with Crippen molar-refractivity contribution in [2.24, 2.45) is 0 Å². The number of aromatic nitrogens is 3. The highest BCUT2D eigenvalue weighted by atomic mass is 32.1. The molecule has 0 saturated carbocycles. The number of carbonyl (C=O) groups excluding carboxylic acids is 1. The van der Waals surface area contributed by atoms with Gasteiger partial charge in [0.05, 0.1) is 17.9 Å². The van der Waals surface area contributed by atoms with Crippen LogP contribution in [0.3, 0.4) is 0 Å². The van der Waals surface area contributed by atoms with Gasteiger partial charge in [-0.25, -0.2) is 4.98 Å². The highest BCUT2D eigenvalue weighted by Gasteiger charge is 2.22. The van der Waals surface area contributed by atoms with Crippen molar-refractivity contribution < 1.29 is 9.53 Å². The molecule has 7 heteroatoms. The van der Waals surface area contributed by atoms with Crippen molar-refractivity contribution in [1.29, 1.82) is 0 Å². The molecule has 0 N–H and O–H groups in total. The summed E-state index contributed by atoms with van der Waals surface area (Å²) in [5.74, 6) is 0.651. The van der Waals surface area contributed by atoms with Gasteiger partial charge in [-0.1, -0.05) is 47.7 Å². The first-order valence-corrected chi connectivity index (χ1v) is 11.3. The van der Waals surface area contributed by atoms with Crippen LogP contribution in [0.25, 0.3) is 21.0 Å². The van der Waals surface area contributed by atoms with Gasteiger partial charge in [0, 0.05) is 24.5 Å². The number of para-hydroxylation sites is 1. The van der Waals surface area contributed by atoms with Gasteiger partial charge in [-0.05, 0) is 48.0 Å². The molecule has 2 aromatic heterocycles. The van der Waals surface area contributed by atoms with Crippen LogP contribution in [0.2, 0.25) is 0 Å². The molecule has 0 radical (unpaired) electrons. The summed E-state index contributed by atoms with van der Waals surface area (Å²) in [5.41, 5.74) is 1.42. The average Bonchev–Trinajstić information content (AvgIpc) is 3.49. The summed E-state index contributed by atoms with van der Waals surface area (Å²) >= 11 is 1.49. The van der Waals surface area contributed by atoms with E-state index in [1.54, 1.807) is 11.1 Å². The maximum atomic E-state index is 13.7. The number of thiazole rings is 1. The Labute approximate surface area is 189 Å². The van der Waals surface area contributed by atoms with E-state index in [1.165, 1.54) is 11.3 Å². The molecule has 32 heavy (non-hydrogen) atoms. The lowest BCUT2D eigenvalue weighted by molar-refractivity contribution is 0.0986. The zero-order chi connectivity index (χ0) is 21.9. The van der Waals surface area contributed by atoms with Crippen LogP contribution in [0.1, 0.15) is 17.3 Å². The van der Waals surface area contributed by atoms with Crippen LogP contribution >= 0.6 is 11.3 Å². The molecular weight excluding hydrogens is 420 g/mol. The summed E-state index contributed by atoms with van der Waals surface area (Å²) in [7, 11) is 0. The van der Waals surface area contributed by atoms with Gasteiger partial charge >= 0.3 is 0 Å². The van der Waals surface area contributed by atoms with Gasteiger partial charge in [-0.2, -0.15) is 5.10 Å². The van der Waals surface area contributed by atoms with Crippen LogP contribution in [0.4, 0.5) is 5.13 Å². The van der Waals surface area contributed by atoms with Crippen molar-refractivity contribution in [2.75, 3.05) is 18.1 Å². The lowest BCUT2D eigenvalue weighted by Crippen LogP contribution is -2.34. The Morgan fingerprint density at radius 1 is 1.06 bits per heavy atom. The molecular formula is C25H22N4O2S. The molecule has 0 aliphatic carbocycles. The molecule has 0 aliphatic heterocycles. The maximum absolute atomic E-state index is 13.7. The van der Waals surface area contributed by atoms with Crippen molar-refractivity contribution in [3.63, 3.8) is 0 Å². The van der Waals surface area contributed by atoms with Gasteiger partial charge in [0.2, 0.25) is 0 Å². The van der Waals surface area contributed by atoms with E-state index >= 15 is 0 Å². The fraction of sp³-hybridized carbons (Fsp3) is 0.160. The van der Waals surface area contributed by atoms with E-state index in [1.807, 2.05) is 84.5 Å². The molecule has 0 aliphatic rings. The number of nitrogens with zero attached hydrogens (tertiary/aromatic N) is 4. The Bertz CT molecular complexity index is 1380. The summed E-state index contributed by atoms with van der Waals surface area (Å²) in [6, 6.07) is 21.6. The van der Waals surface area contributed by atoms with Gasteiger partial charge < -0.3 is 4.74 Å². The molecule has 0 spiro atoms. The number of carbonyl (C=O) groups is 1. The minimum absolute atomic E-state index is 0.0834. The molecule has 5 rings (SSSR count). The minimum atomic E-state index is -0.0834. The maximum Gasteiger partial charge on any atom is 0.260 e. The third-order valence-electron chi connectivity index (χ3n) is 5.25. The van der Waals surface area contributed by atoms with E-state index in [4.69, 9.17) is 9.72 Å². The Morgan fingerprint density at radius 2 is 1.94 bits per heavy atom. The summed E-state index contributed by atoms with van der Waals surface area (Å²) in [6.07, 6.45) is 3.63. The number of rotatable bonds is 7. The third kappa shape index (κ3) is 3.94. The van der Waals surface area contributed by atoms with E-state index in [-0.39, 0.29) is 5.91 Å². The number of anilines is 1. The van der Waals surface area contributed by atoms with Gasteiger partial charge in [0.25, 0.3) is 5.91 Å². The molecule has 6 nitrogen and oxygen atoms in total. The van der Waals surface area contributed by atoms with Crippen LogP contribution in [0, 0.1) is 0 Å². The molecule has 0 fully saturated rings. The predicted molar refractivity (Wildman–Crippen MR) is 129 cm³/mol. The standard InChI is InChI=1S/C25H22N4O2S/c1-2-31-21-9-5-10-22-23(21)27-25(32-22)29(16-15-28-14-6-13-26-28)24(30)20-12-11-18-7-3-4-8-19(18)17-20/h3-14,17H,2,15-16H2,1H3. The highest BCUT2D eigenvalue weighted by Crippen LogP contribution is 2.35. The Kier molecular flexibility index (Phi) is 5.56. The Balaban J connectivity index is 1.54. The fourth-order valence-corrected chi connectivity index (χ4v) is 4.70. The predicted octanol–water partition coefficient (Wildman–Crippen LogP) is 5.39. The molecule has 160 valence electrons. The molecule has 3 aromatic carbocycles. The molecule has 0 saturated heterocycles. The Morgan fingerprint density at radius 3 is 2.75 bits per heavy atom. The van der Waals surface area contributed by atoms with E-state index < -0.39 is 0 Å². The number of hydrogen-bond acceptors (Lipinski definition) is 5. The summed E-state index contributed by atoms with van der Waals surface area (Å²) < 4.78 is 8.56. The van der Waals surface area contributed by atoms with E-state index in [9.17, 15) is 4.79 Å². The van der Waals surface area contributed by atoms with Crippen molar-refractivity contribution in [2.45, 2.75) is 13.5 Å². The molecule has 0 bridgehead atoms. The van der Waals surface area contributed by atoms with Crippen LogP contribution in [0.5, 0.6) is 5.75 Å². The number of fused-ring (bicyclic) bond motifs is 2. The van der Waals surface area contributed by atoms with Gasteiger partial charge in [0.1, 0.15) is 11.3 Å². The van der Waals surface area contributed by atoms with Crippen molar-refractivity contribution in [3.8, 4) is 5.75 Å². The highest BCUT2D eigenvalue weighted by molar-refractivity contribution is 7.22. The summed E-state index contributed by atoms with van der Waals surface area (Å²) in [4.78, 5) is 20.2. The normalized spacial score (nSPS) is 11.2. The van der Waals surface area contributed by atoms with Gasteiger partial charge in [0.15, 0.2) is 5.13 Å². The molecule has 0 unspecified atom stereocenters. The van der Waals surface area contributed by atoms with Crippen molar-refractivity contribution in [1.82, 2.24) is 14.8 Å². The zero-order valence-corrected chi connectivity index (χ0v) is 18.5. The second kappa shape index (κ2) is 8.80. The van der Waals surface area contributed by atoms with Crippen molar-refractivity contribution >= 4 is 43.4 Å². The second-order valence-electron chi connectivity index (χ2n) is 7.32. The first-order valence-electron chi connectivity index (χ1n) is 10.5. The second-order valence-corrected chi connectivity index (χ2v) is 8.33. The van der Waals surface area contributed by atoms with Gasteiger partial charge in [-0.3, -0.25) is 14.4 Å².